The van der Waals surface area contributed by atoms with E-state index in [4.69, 9.17) is 4.84 Å². The summed E-state index contributed by atoms with van der Waals surface area (Å²) in [5.74, 6) is -0.259. The molecule has 31 heavy (non-hydrogen) atoms. The molecule has 0 radical (unpaired) electrons. The van der Waals surface area contributed by atoms with Crippen LogP contribution in [0, 0.1) is 19.7 Å². The van der Waals surface area contributed by atoms with Gasteiger partial charge in [0.25, 0.3) is 0 Å². The van der Waals surface area contributed by atoms with Crippen molar-refractivity contribution in [3.63, 3.8) is 0 Å². The average molecular weight is 413 g/mol. The molecule has 0 aliphatic carbocycles. The van der Waals surface area contributed by atoms with Gasteiger partial charge in [-0.1, -0.05) is 65.3 Å². The number of benzene rings is 3. The molecule has 0 aliphatic rings. The molecule has 0 atom stereocenters. The first-order valence-corrected chi connectivity index (χ1v) is 10.3. The quantitative estimate of drug-likeness (QED) is 0.251. The summed E-state index contributed by atoms with van der Waals surface area (Å²) in [5.41, 5.74) is 8.35. The molecule has 4 heteroatoms. The molecule has 0 bridgehead atoms. The van der Waals surface area contributed by atoms with Gasteiger partial charge in [0.2, 0.25) is 0 Å². The topological polar surface area (TPSA) is 26.5 Å². The van der Waals surface area contributed by atoms with Gasteiger partial charge in [-0.2, -0.15) is 0 Å². The van der Waals surface area contributed by atoms with Gasteiger partial charge in [0, 0.05) is 16.9 Å². The van der Waals surface area contributed by atoms with Gasteiger partial charge in [-0.15, -0.1) is 0 Å². The van der Waals surface area contributed by atoms with Crippen LogP contribution >= 0.6 is 0 Å². The minimum absolute atomic E-state index is 0.259. The Morgan fingerprint density at radius 3 is 2.26 bits per heavy atom. The summed E-state index contributed by atoms with van der Waals surface area (Å²) >= 11 is 0. The fraction of sp³-hybridized carbons (Fsp3) is 0.148. The van der Waals surface area contributed by atoms with Crippen molar-refractivity contribution in [2.75, 3.05) is 0 Å². The molecule has 0 amide bonds. The predicted octanol–water partition coefficient (Wildman–Crippen LogP) is 6.84. The van der Waals surface area contributed by atoms with Gasteiger partial charge < -0.3 is 9.40 Å². The Hall–Kier alpha value is -3.66. The Bertz CT molecular complexity index is 1190. The van der Waals surface area contributed by atoms with E-state index in [9.17, 15) is 4.39 Å². The molecular formula is C27H25FN2O. The van der Waals surface area contributed by atoms with Crippen LogP contribution in [-0.2, 0) is 11.4 Å². The minimum Gasteiger partial charge on any atom is -0.391 e. The van der Waals surface area contributed by atoms with E-state index < -0.39 is 0 Å². The number of nitrogens with zero attached hydrogens (tertiary/aromatic N) is 2. The summed E-state index contributed by atoms with van der Waals surface area (Å²) < 4.78 is 15.3. The molecule has 3 aromatic carbocycles. The van der Waals surface area contributed by atoms with Gasteiger partial charge in [-0.05, 0) is 62.2 Å². The SMILES string of the molecule is CC(=NOCc1ccc(F)cc1)c1cc(-c2ccccc2)n(-c2ccc(C)cc2)c1C. The average Bonchev–Trinajstić information content (AvgIpc) is 3.13. The van der Waals surface area contributed by atoms with E-state index in [1.807, 2.05) is 25.1 Å². The molecule has 156 valence electrons. The number of halogens is 1. The molecule has 3 nitrogen and oxygen atoms in total. The number of aryl methyl sites for hydroxylation is 1. The molecule has 1 aromatic heterocycles. The van der Waals surface area contributed by atoms with Gasteiger partial charge in [-0.25, -0.2) is 4.39 Å². The van der Waals surface area contributed by atoms with Crippen LogP contribution in [0.4, 0.5) is 4.39 Å². The number of rotatable bonds is 6. The van der Waals surface area contributed by atoms with Crippen molar-refractivity contribution in [1.29, 1.82) is 0 Å². The number of aromatic nitrogens is 1. The largest absolute Gasteiger partial charge is 0.391 e. The molecule has 0 aliphatic heterocycles. The maximum absolute atomic E-state index is 13.1. The molecule has 0 saturated heterocycles. The lowest BCUT2D eigenvalue weighted by molar-refractivity contribution is 0.130. The first kappa shape index (κ1) is 20.6. The number of hydrogen-bond donors (Lipinski definition) is 0. The van der Waals surface area contributed by atoms with Crippen molar-refractivity contribution < 1.29 is 9.23 Å². The van der Waals surface area contributed by atoms with Gasteiger partial charge in [0.05, 0.1) is 11.4 Å². The van der Waals surface area contributed by atoms with Gasteiger partial charge >= 0.3 is 0 Å². The van der Waals surface area contributed by atoms with Gasteiger partial charge in [0.15, 0.2) is 0 Å². The first-order valence-electron chi connectivity index (χ1n) is 10.3. The lowest BCUT2D eigenvalue weighted by atomic mass is 10.1. The Balaban J connectivity index is 1.69. The highest BCUT2D eigenvalue weighted by molar-refractivity contribution is 6.01. The zero-order chi connectivity index (χ0) is 21.8. The fourth-order valence-electron chi connectivity index (χ4n) is 3.65. The third kappa shape index (κ3) is 4.58. The van der Waals surface area contributed by atoms with Crippen molar-refractivity contribution in [2.24, 2.45) is 5.16 Å². The molecular weight excluding hydrogens is 387 g/mol. The van der Waals surface area contributed by atoms with E-state index in [1.54, 1.807) is 12.1 Å². The summed E-state index contributed by atoms with van der Waals surface area (Å²) in [6, 6.07) is 27.3. The van der Waals surface area contributed by atoms with Crippen LogP contribution in [0.3, 0.4) is 0 Å². The van der Waals surface area contributed by atoms with E-state index in [-0.39, 0.29) is 5.82 Å². The van der Waals surface area contributed by atoms with Crippen LogP contribution in [0.5, 0.6) is 0 Å². The Morgan fingerprint density at radius 2 is 1.58 bits per heavy atom. The third-order valence-corrected chi connectivity index (χ3v) is 5.34. The summed E-state index contributed by atoms with van der Waals surface area (Å²) in [6.45, 7) is 6.42. The van der Waals surface area contributed by atoms with E-state index in [1.165, 1.54) is 17.7 Å². The third-order valence-electron chi connectivity index (χ3n) is 5.34. The van der Waals surface area contributed by atoms with Gasteiger partial charge in [-0.3, -0.25) is 0 Å². The van der Waals surface area contributed by atoms with Crippen LogP contribution in [0.15, 0.2) is 90.1 Å². The van der Waals surface area contributed by atoms with E-state index in [2.05, 4.69) is 66.0 Å². The lowest BCUT2D eigenvalue weighted by Crippen LogP contribution is -2.02. The van der Waals surface area contributed by atoms with Crippen molar-refractivity contribution >= 4 is 5.71 Å². The van der Waals surface area contributed by atoms with Crippen molar-refractivity contribution in [3.8, 4) is 16.9 Å². The molecule has 0 unspecified atom stereocenters. The van der Waals surface area contributed by atoms with Crippen molar-refractivity contribution in [1.82, 2.24) is 4.57 Å². The highest BCUT2D eigenvalue weighted by Gasteiger charge is 2.17. The van der Waals surface area contributed by atoms with Crippen molar-refractivity contribution in [2.45, 2.75) is 27.4 Å². The predicted molar refractivity (Wildman–Crippen MR) is 124 cm³/mol. The summed E-state index contributed by atoms with van der Waals surface area (Å²) in [5, 5.41) is 4.34. The standard InChI is InChI=1S/C27H25FN2O/c1-19-9-15-25(16-10-19)30-21(3)26(17-27(30)23-7-5-4-6-8-23)20(2)29-31-18-22-11-13-24(28)14-12-22/h4-17H,18H2,1-3H3. The van der Waals surface area contributed by atoms with Gasteiger partial charge in [0.1, 0.15) is 12.4 Å². The van der Waals surface area contributed by atoms with E-state index >= 15 is 0 Å². The molecule has 1 heterocycles. The molecule has 0 fully saturated rings. The first-order chi connectivity index (χ1) is 15.0. The van der Waals surface area contributed by atoms with E-state index in [0.717, 1.165) is 39.5 Å². The second-order valence-corrected chi connectivity index (χ2v) is 7.64. The minimum atomic E-state index is -0.259. The Labute approximate surface area is 182 Å². The zero-order valence-corrected chi connectivity index (χ0v) is 18.0. The highest BCUT2D eigenvalue weighted by atomic mass is 19.1. The molecule has 4 aromatic rings. The summed E-state index contributed by atoms with van der Waals surface area (Å²) in [7, 11) is 0. The van der Waals surface area contributed by atoms with E-state index in [0.29, 0.717) is 6.61 Å². The fourth-order valence-corrected chi connectivity index (χ4v) is 3.65. The van der Waals surface area contributed by atoms with Crippen LogP contribution in [0.2, 0.25) is 0 Å². The lowest BCUT2D eigenvalue weighted by Gasteiger charge is -2.13. The molecule has 0 N–H and O–H groups in total. The normalized spacial score (nSPS) is 11.5. The van der Waals surface area contributed by atoms with Crippen molar-refractivity contribution in [3.05, 3.63) is 113 Å². The summed E-state index contributed by atoms with van der Waals surface area (Å²) in [4.78, 5) is 5.56. The van der Waals surface area contributed by atoms with Crippen LogP contribution < -0.4 is 0 Å². The van der Waals surface area contributed by atoms with Crippen LogP contribution in [0.1, 0.15) is 29.3 Å². The second kappa shape index (κ2) is 9.00. The summed E-state index contributed by atoms with van der Waals surface area (Å²) in [6.07, 6.45) is 0. The Morgan fingerprint density at radius 1 is 0.903 bits per heavy atom. The smallest absolute Gasteiger partial charge is 0.142 e. The molecule has 0 spiro atoms. The molecule has 4 rings (SSSR count). The van der Waals surface area contributed by atoms with Crippen LogP contribution in [0.25, 0.3) is 16.9 Å². The number of hydrogen-bond acceptors (Lipinski definition) is 2. The maximum Gasteiger partial charge on any atom is 0.142 e. The highest BCUT2D eigenvalue weighted by Crippen LogP contribution is 2.30. The monoisotopic (exact) mass is 412 g/mol. The second-order valence-electron chi connectivity index (χ2n) is 7.64. The number of oxime groups is 1. The Kier molecular flexibility index (Phi) is 5.99. The maximum atomic E-state index is 13.1. The molecule has 0 saturated carbocycles. The zero-order valence-electron chi connectivity index (χ0n) is 18.0. The van der Waals surface area contributed by atoms with Crippen LogP contribution in [-0.4, -0.2) is 10.3 Å².